The first-order valence-electron chi connectivity index (χ1n) is 20.4. The molecule has 1 fully saturated rings. The number of amides is 1. The Kier molecular flexibility index (Phi) is 28.2. The summed E-state index contributed by atoms with van der Waals surface area (Å²) in [4.78, 5) is 23.3. The highest BCUT2D eigenvalue weighted by molar-refractivity contribution is 7.47. The number of rotatable bonds is 32. The maximum atomic E-state index is 12.9. The predicted molar refractivity (Wildman–Crippen MR) is 206 cm³/mol. The van der Waals surface area contributed by atoms with Crippen LogP contribution in [0.4, 0.5) is 0 Å². The van der Waals surface area contributed by atoms with E-state index in [1.807, 2.05) is 0 Å². The molecule has 0 bridgehead atoms. The van der Waals surface area contributed by atoms with Gasteiger partial charge in [-0.15, -0.1) is 0 Å². The number of phosphoric ester groups is 1. The van der Waals surface area contributed by atoms with Crippen LogP contribution in [0.5, 0.6) is 0 Å². The summed E-state index contributed by atoms with van der Waals surface area (Å²) in [5, 5.41) is 74.0. The number of nitrogens with one attached hydrogen (secondary N) is 1. The molecular formula is C39H74NO12P. The largest absolute Gasteiger partial charge is 0.472 e. The SMILES string of the molecule is CCCCCCCCCC/C=C/CC/C=C/C(O)C(COP(=O)(O)OC1C(O)C(O)C(O)C(O)C1O)NC(=O)CC(O)CCCCCCCCCCC. The van der Waals surface area contributed by atoms with E-state index in [-0.39, 0.29) is 6.42 Å². The lowest BCUT2D eigenvalue weighted by Crippen LogP contribution is -2.64. The second-order valence-electron chi connectivity index (χ2n) is 14.7. The molecule has 0 aromatic heterocycles. The van der Waals surface area contributed by atoms with Crippen LogP contribution < -0.4 is 5.32 Å². The van der Waals surface area contributed by atoms with E-state index in [2.05, 4.69) is 31.3 Å². The van der Waals surface area contributed by atoms with Crippen LogP contribution in [-0.2, 0) is 18.4 Å². The van der Waals surface area contributed by atoms with Gasteiger partial charge in [0.15, 0.2) is 0 Å². The van der Waals surface area contributed by atoms with Crippen molar-refractivity contribution in [3.63, 3.8) is 0 Å². The standard InChI is InChI=1S/C39H74NO12P/c1-3-5-7-9-11-13-14-15-16-17-19-21-23-25-27-32(42)31(40-33(43)28-30(41)26-24-22-20-18-12-10-8-6-4-2)29-51-53(49,50)52-39-37(47)35(45)34(44)36(46)38(39)48/h17,19,25,27,30-32,34-39,41-42,44-48H,3-16,18,20-24,26,28-29H2,1-2H3,(H,40,43)(H,49,50)/b19-17+,27-25+. The van der Waals surface area contributed by atoms with Gasteiger partial charge in [0.05, 0.1) is 31.3 Å². The highest BCUT2D eigenvalue weighted by Gasteiger charge is 2.51. The molecule has 0 spiro atoms. The minimum absolute atomic E-state index is 0.251. The first-order chi connectivity index (χ1) is 25.3. The normalized spacial score (nSPS) is 25.1. The Bertz CT molecular complexity index is 1020. The first kappa shape index (κ1) is 49.8. The molecule has 8 atom stereocenters. The van der Waals surface area contributed by atoms with Gasteiger partial charge in [-0.1, -0.05) is 141 Å². The molecular weight excluding hydrogens is 705 g/mol. The quantitative estimate of drug-likeness (QED) is 0.0243. The average molecular weight is 780 g/mol. The van der Waals surface area contributed by atoms with Crippen LogP contribution in [-0.4, -0.2) is 108 Å². The number of phosphoric acid groups is 1. The van der Waals surface area contributed by atoms with E-state index in [1.165, 1.54) is 83.1 Å². The summed E-state index contributed by atoms with van der Waals surface area (Å²) in [7, 11) is -5.14. The minimum Gasteiger partial charge on any atom is -0.393 e. The van der Waals surface area contributed by atoms with Gasteiger partial charge in [0.25, 0.3) is 0 Å². The molecule has 0 heterocycles. The Hall–Kier alpha value is -1.22. The number of hydrogen-bond donors (Lipinski definition) is 9. The third kappa shape index (κ3) is 22.8. The summed E-state index contributed by atoms with van der Waals surface area (Å²) in [6.07, 6.45) is 15.8. The maximum Gasteiger partial charge on any atom is 0.472 e. The predicted octanol–water partition coefficient (Wildman–Crippen LogP) is 5.25. The fourth-order valence-electron chi connectivity index (χ4n) is 6.37. The van der Waals surface area contributed by atoms with Crippen LogP contribution in [0.2, 0.25) is 0 Å². The summed E-state index contributed by atoms with van der Waals surface area (Å²) >= 11 is 0. The van der Waals surface area contributed by atoms with Crippen molar-refractivity contribution < 1.29 is 59.0 Å². The second kappa shape index (κ2) is 30.0. The van der Waals surface area contributed by atoms with Gasteiger partial charge in [0.2, 0.25) is 5.91 Å². The Labute approximate surface area is 318 Å². The number of carbonyl (C=O) groups excluding carboxylic acids is 1. The smallest absolute Gasteiger partial charge is 0.393 e. The van der Waals surface area contributed by atoms with Gasteiger partial charge >= 0.3 is 7.82 Å². The molecule has 8 unspecified atom stereocenters. The molecule has 1 saturated carbocycles. The van der Waals surface area contributed by atoms with Crippen LogP contribution in [0.25, 0.3) is 0 Å². The van der Waals surface area contributed by atoms with Crippen molar-refractivity contribution in [2.75, 3.05) is 6.61 Å². The molecule has 1 aliphatic carbocycles. The van der Waals surface area contributed by atoms with Crippen molar-refractivity contribution in [3.8, 4) is 0 Å². The zero-order valence-electron chi connectivity index (χ0n) is 32.4. The molecule has 53 heavy (non-hydrogen) atoms. The summed E-state index contributed by atoms with van der Waals surface area (Å²) in [5.41, 5.74) is 0. The van der Waals surface area contributed by atoms with Gasteiger partial charge in [-0.3, -0.25) is 13.8 Å². The number of unbranched alkanes of at least 4 members (excludes halogenated alkanes) is 17. The zero-order chi connectivity index (χ0) is 39.5. The van der Waals surface area contributed by atoms with Crippen molar-refractivity contribution in [2.45, 2.75) is 210 Å². The van der Waals surface area contributed by atoms with E-state index in [4.69, 9.17) is 9.05 Å². The molecule has 9 N–H and O–H groups in total. The van der Waals surface area contributed by atoms with Crippen molar-refractivity contribution >= 4 is 13.7 Å². The highest BCUT2D eigenvalue weighted by atomic mass is 31.2. The van der Waals surface area contributed by atoms with Gasteiger partial charge in [0, 0.05) is 0 Å². The lowest BCUT2D eigenvalue weighted by Gasteiger charge is -2.41. The van der Waals surface area contributed by atoms with E-state index in [0.717, 1.165) is 44.9 Å². The van der Waals surface area contributed by atoms with E-state index in [0.29, 0.717) is 12.8 Å². The van der Waals surface area contributed by atoms with Crippen molar-refractivity contribution in [2.24, 2.45) is 0 Å². The molecule has 0 radical (unpaired) electrons. The minimum atomic E-state index is -5.14. The first-order valence-corrected chi connectivity index (χ1v) is 21.9. The van der Waals surface area contributed by atoms with Gasteiger partial charge in [-0.25, -0.2) is 4.57 Å². The molecule has 1 rings (SSSR count). The number of hydrogen-bond acceptors (Lipinski definition) is 11. The van der Waals surface area contributed by atoms with Gasteiger partial charge in [-0.2, -0.15) is 0 Å². The third-order valence-corrected chi connectivity index (χ3v) is 10.8. The van der Waals surface area contributed by atoms with Gasteiger partial charge < -0.3 is 46.0 Å². The van der Waals surface area contributed by atoms with Gasteiger partial charge in [-0.05, 0) is 32.1 Å². The van der Waals surface area contributed by atoms with E-state index in [1.54, 1.807) is 6.08 Å². The lowest BCUT2D eigenvalue weighted by molar-refractivity contribution is -0.220. The van der Waals surface area contributed by atoms with Crippen LogP contribution in [0, 0.1) is 0 Å². The molecule has 0 aromatic rings. The van der Waals surface area contributed by atoms with Crippen molar-refractivity contribution in [3.05, 3.63) is 24.3 Å². The number of carbonyl (C=O) groups is 1. The van der Waals surface area contributed by atoms with E-state index in [9.17, 15) is 50.0 Å². The van der Waals surface area contributed by atoms with Crippen LogP contribution >= 0.6 is 7.82 Å². The molecule has 13 nitrogen and oxygen atoms in total. The second-order valence-corrected chi connectivity index (χ2v) is 16.1. The molecule has 0 aromatic carbocycles. The molecule has 0 aliphatic heterocycles. The Morgan fingerprint density at radius 2 is 1.11 bits per heavy atom. The van der Waals surface area contributed by atoms with E-state index >= 15 is 0 Å². The topological polar surface area (TPSA) is 226 Å². The van der Waals surface area contributed by atoms with E-state index < -0.39 is 75.2 Å². The molecule has 1 amide bonds. The fourth-order valence-corrected chi connectivity index (χ4v) is 7.34. The average Bonchev–Trinajstić information content (AvgIpc) is 3.12. The van der Waals surface area contributed by atoms with Crippen LogP contribution in [0.3, 0.4) is 0 Å². The summed E-state index contributed by atoms with van der Waals surface area (Å²) in [6, 6.07) is -1.25. The molecule has 312 valence electrons. The fraction of sp³-hybridized carbons (Fsp3) is 0.872. The Morgan fingerprint density at radius 1 is 0.660 bits per heavy atom. The van der Waals surface area contributed by atoms with Crippen LogP contribution in [0.15, 0.2) is 24.3 Å². The van der Waals surface area contributed by atoms with Crippen molar-refractivity contribution in [1.29, 1.82) is 0 Å². The monoisotopic (exact) mass is 779 g/mol. The Morgan fingerprint density at radius 3 is 1.66 bits per heavy atom. The lowest BCUT2D eigenvalue weighted by atomic mass is 9.85. The number of aliphatic hydroxyl groups is 7. The van der Waals surface area contributed by atoms with Crippen molar-refractivity contribution in [1.82, 2.24) is 5.32 Å². The number of allylic oxidation sites excluding steroid dienone is 3. The van der Waals surface area contributed by atoms with Gasteiger partial charge in [0.1, 0.15) is 36.6 Å². The summed E-state index contributed by atoms with van der Waals surface area (Å²) in [5.74, 6) is -0.606. The summed E-state index contributed by atoms with van der Waals surface area (Å²) in [6.45, 7) is 3.66. The summed E-state index contributed by atoms with van der Waals surface area (Å²) < 4.78 is 22.7. The molecule has 1 aliphatic rings. The zero-order valence-corrected chi connectivity index (χ0v) is 33.3. The molecule has 14 heteroatoms. The van der Waals surface area contributed by atoms with Crippen LogP contribution in [0.1, 0.15) is 155 Å². The maximum absolute atomic E-state index is 12.9. The Balaban J connectivity index is 2.68. The molecule has 0 saturated heterocycles. The third-order valence-electron chi connectivity index (χ3n) is 9.79. The number of aliphatic hydroxyl groups excluding tert-OH is 7. The highest BCUT2D eigenvalue weighted by Crippen LogP contribution is 2.47.